The molecule has 1 fully saturated rings. The van der Waals surface area contributed by atoms with Crippen molar-refractivity contribution < 1.29 is 4.74 Å². The molecule has 0 saturated carbocycles. The maximum Gasteiger partial charge on any atom is 0.0713 e. The van der Waals surface area contributed by atoms with Gasteiger partial charge in [-0.25, -0.2) is 0 Å². The first-order valence-electron chi connectivity index (χ1n) is 6.58. The first-order chi connectivity index (χ1) is 8.40. The summed E-state index contributed by atoms with van der Waals surface area (Å²) in [6.45, 7) is 3.10. The fraction of sp³-hybridized carbons (Fsp3) is 0.500. The second-order valence-electron chi connectivity index (χ2n) is 4.58. The Morgan fingerprint density at radius 3 is 2.88 bits per heavy atom. The van der Waals surface area contributed by atoms with Gasteiger partial charge in [-0.3, -0.25) is 0 Å². The van der Waals surface area contributed by atoms with Crippen molar-refractivity contribution in [2.24, 2.45) is 5.92 Å². The van der Waals surface area contributed by atoms with Crippen molar-refractivity contribution in [3.63, 3.8) is 0 Å². The highest BCUT2D eigenvalue weighted by atomic mass is 16.5. The topological polar surface area (TPSA) is 9.23 Å². The van der Waals surface area contributed by atoms with Crippen molar-refractivity contribution in [3.05, 3.63) is 35.9 Å². The third-order valence-corrected chi connectivity index (χ3v) is 3.23. The molecule has 0 amide bonds. The van der Waals surface area contributed by atoms with Crippen LogP contribution in [0.5, 0.6) is 0 Å². The Kier molecular flexibility index (Phi) is 4.64. The van der Waals surface area contributed by atoms with E-state index in [4.69, 9.17) is 4.74 Å². The van der Waals surface area contributed by atoms with Gasteiger partial charge in [0.25, 0.3) is 0 Å². The molecule has 0 aromatic heterocycles. The Bertz CT molecular complexity index is 385. The molecular formula is C16H20O. The Labute approximate surface area is 104 Å². The fourth-order valence-electron chi connectivity index (χ4n) is 2.20. The molecule has 0 aliphatic carbocycles. The summed E-state index contributed by atoms with van der Waals surface area (Å²) in [7, 11) is 0. The Hall–Kier alpha value is -1.26. The quantitative estimate of drug-likeness (QED) is 0.718. The van der Waals surface area contributed by atoms with Gasteiger partial charge in [-0.1, -0.05) is 49.8 Å². The monoisotopic (exact) mass is 228 g/mol. The summed E-state index contributed by atoms with van der Waals surface area (Å²) >= 11 is 0. The molecule has 2 atom stereocenters. The molecule has 1 nitrogen and oxygen atoms in total. The summed E-state index contributed by atoms with van der Waals surface area (Å²) in [5.74, 6) is 7.08. The molecule has 0 bridgehead atoms. The van der Waals surface area contributed by atoms with Gasteiger partial charge in [0, 0.05) is 18.1 Å². The zero-order valence-corrected chi connectivity index (χ0v) is 10.5. The van der Waals surface area contributed by atoms with E-state index >= 15 is 0 Å². The number of benzene rings is 1. The first kappa shape index (κ1) is 12.2. The third-order valence-electron chi connectivity index (χ3n) is 3.23. The van der Waals surface area contributed by atoms with Gasteiger partial charge in [0.2, 0.25) is 0 Å². The van der Waals surface area contributed by atoms with Crippen LogP contribution in [0, 0.1) is 17.8 Å². The average Bonchev–Trinajstić information content (AvgIpc) is 2.82. The molecule has 2 rings (SSSR count). The van der Waals surface area contributed by atoms with Gasteiger partial charge in [0.1, 0.15) is 0 Å². The van der Waals surface area contributed by atoms with Crippen LogP contribution >= 0.6 is 0 Å². The summed E-state index contributed by atoms with van der Waals surface area (Å²) in [5, 5.41) is 0. The molecule has 1 aromatic rings. The summed E-state index contributed by atoms with van der Waals surface area (Å²) < 4.78 is 5.75. The number of unbranched alkanes of at least 4 members (excludes halogenated alkanes) is 1. The van der Waals surface area contributed by atoms with Gasteiger partial charge in [0.05, 0.1) is 6.10 Å². The lowest BCUT2D eigenvalue weighted by Gasteiger charge is -2.12. The molecule has 1 aliphatic rings. The van der Waals surface area contributed by atoms with E-state index in [1.165, 1.54) is 12.8 Å². The normalized spacial score (nSPS) is 23.1. The molecule has 1 aliphatic heterocycles. The first-order valence-corrected chi connectivity index (χ1v) is 6.58. The van der Waals surface area contributed by atoms with Gasteiger partial charge in [-0.2, -0.15) is 0 Å². The molecule has 0 spiro atoms. The Morgan fingerprint density at radius 2 is 2.12 bits per heavy atom. The maximum absolute atomic E-state index is 5.75. The van der Waals surface area contributed by atoms with Crippen LogP contribution in [0.3, 0.4) is 0 Å². The fourth-order valence-corrected chi connectivity index (χ4v) is 2.20. The standard InChI is InChI=1S/C16H20O/c1-2-3-9-16-15(12-13-17-16)11-10-14-7-5-4-6-8-14/h4-8,15-16H,2-3,9,12-13H2,1H3/t15?,16-/m1/s1. The zero-order chi connectivity index (χ0) is 11.9. The lowest BCUT2D eigenvalue weighted by atomic mass is 9.97. The van der Waals surface area contributed by atoms with Crippen molar-refractivity contribution in [2.75, 3.05) is 6.61 Å². The lowest BCUT2D eigenvalue weighted by Crippen LogP contribution is -2.14. The van der Waals surface area contributed by atoms with E-state index in [1.807, 2.05) is 18.2 Å². The molecule has 0 radical (unpaired) electrons. The van der Waals surface area contributed by atoms with E-state index in [0.717, 1.165) is 25.0 Å². The second kappa shape index (κ2) is 6.47. The number of hydrogen-bond acceptors (Lipinski definition) is 1. The molecule has 1 saturated heterocycles. The molecule has 1 heterocycles. The largest absolute Gasteiger partial charge is 0.377 e. The van der Waals surface area contributed by atoms with E-state index in [1.54, 1.807) is 0 Å². The summed E-state index contributed by atoms with van der Waals surface area (Å²) in [4.78, 5) is 0. The highest BCUT2D eigenvalue weighted by Gasteiger charge is 2.25. The summed E-state index contributed by atoms with van der Waals surface area (Å²) in [6, 6.07) is 10.2. The van der Waals surface area contributed by atoms with Gasteiger partial charge in [0.15, 0.2) is 0 Å². The minimum Gasteiger partial charge on any atom is -0.377 e. The van der Waals surface area contributed by atoms with Crippen LogP contribution in [-0.2, 0) is 4.74 Å². The van der Waals surface area contributed by atoms with E-state index in [0.29, 0.717) is 12.0 Å². The summed E-state index contributed by atoms with van der Waals surface area (Å²) in [6.07, 6.45) is 5.09. The van der Waals surface area contributed by atoms with Crippen molar-refractivity contribution in [2.45, 2.75) is 38.7 Å². The van der Waals surface area contributed by atoms with Crippen LogP contribution in [0.2, 0.25) is 0 Å². The number of rotatable bonds is 3. The van der Waals surface area contributed by atoms with Gasteiger partial charge < -0.3 is 4.74 Å². The number of ether oxygens (including phenoxy) is 1. The predicted octanol–water partition coefficient (Wildman–Crippen LogP) is 3.63. The smallest absolute Gasteiger partial charge is 0.0713 e. The SMILES string of the molecule is CCCC[C@H]1OCCC1C#Cc1ccccc1. The zero-order valence-electron chi connectivity index (χ0n) is 10.5. The van der Waals surface area contributed by atoms with E-state index in [-0.39, 0.29) is 0 Å². The van der Waals surface area contributed by atoms with Gasteiger partial charge >= 0.3 is 0 Å². The molecule has 90 valence electrons. The van der Waals surface area contributed by atoms with Crippen LogP contribution in [0.1, 0.15) is 38.2 Å². The van der Waals surface area contributed by atoms with Crippen molar-refractivity contribution in [1.29, 1.82) is 0 Å². The second-order valence-corrected chi connectivity index (χ2v) is 4.58. The molecular weight excluding hydrogens is 208 g/mol. The average molecular weight is 228 g/mol. The van der Waals surface area contributed by atoms with Gasteiger partial charge in [-0.15, -0.1) is 0 Å². The van der Waals surface area contributed by atoms with E-state index < -0.39 is 0 Å². The van der Waals surface area contributed by atoms with Crippen molar-refractivity contribution in [3.8, 4) is 11.8 Å². The van der Waals surface area contributed by atoms with E-state index in [9.17, 15) is 0 Å². The third kappa shape index (κ3) is 3.61. The highest BCUT2D eigenvalue weighted by Crippen LogP contribution is 2.24. The van der Waals surface area contributed by atoms with Crippen LogP contribution in [0.15, 0.2) is 30.3 Å². The lowest BCUT2D eigenvalue weighted by molar-refractivity contribution is 0.0916. The minimum atomic E-state index is 0.367. The maximum atomic E-state index is 5.75. The molecule has 1 heteroatoms. The highest BCUT2D eigenvalue weighted by molar-refractivity contribution is 5.34. The molecule has 17 heavy (non-hydrogen) atoms. The van der Waals surface area contributed by atoms with Crippen LogP contribution in [-0.4, -0.2) is 12.7 Å². The van der Waals surface area contributed by atoms with Crippen molar-refractivity contribution >= 4 is 0 Å². The van der Waals surface area contributed by atoms with Crippen molar-refractivity contribution in [1.82, 2.24) is 0 Å². The summed E-state index contributed by atoms with van der Waals surface area (Å²) in [5.41, 5.74) is 1.11. The van der Waals surface area contributed by atoms with Crippen LogP contribution in [0.4, 0.5) is 0 Å². The van der Waals surface area contributed by atoms with Crippen LogP contribution in [0.25, 0.3) is 0 Å². The van der Waals surface area contributed by atoms with Crippen LogP contribution < -0.4 is 0 Å². The molecule has 1 unspecified atom stereocenters. The number of hydrogen-bond donors (Lipinski definition) is 0. The Morgan fingerprint density at radius 1 is 1.29 bits per heavy atom. The molecule has 0 N–H and O–H groups in total. The van der Waals surface area contributed by atoms with Gasteiger partial charge in [-0.05, 0) is 25.0 Å². The predicted molar refractivity (Wildman–Crippen MR) is 70.7 cm³/mol. The van der Waals surface area contributed by atoms with E-state index in [2.05, 4.69) is 30.9 Å². The Balaban J connectivity index is 1.96. The molecule has 1 aromatic carbocycles. The minimum absolute atomic E-state index is 0.367.